The Morgan fingerprint density at radius 1 is 1.33 bits per heavy atom. The molecule has 0 aromatic heterocycles. The zero-order chi connectivity index (χ0) is 13.0. The predicted octanol–water partition coefficient (Wildman–Crippen LogP) is 1.89. The Morgan fingerprint density at radius 3 is 2.83 bits per heavy atom. The van der Waals surface area contributed by atoms with Gasteiger partial charge in [-0.05, 0) is 18.6 Å². The van der Waals surface area contributed by atoms with Crippen LogP contribution in [0, 0.1) is 0 Å². The van der Waals surface area contributed by atoms with Crippen LogP contribution in [0.5, 0.6) is 11.5 Å². The van der Waals surface area contributed by atoms with Crippen molar-refractivity contribution in [2.24, 2.45) is 0 Å². The molecule has 1 aromatic carbocycles. The molecule has 2 rings (SSSR count). The highest BCUT2D eigenvalue weighted by atomic mass is 16.5. The number of methoxy groups -OCH3 is 2. The summed E-state index contributed by atoms with van der Waals surface area (Å²) in [5, 5.41) is 3.52. The maximum absolute atomic E-state index is 5.47. The van der Waals surface area contributed by atoms with Crippen molar-refractivity contribution < 1.29 is 9.47 Å². The summed E-state index contributed by atoms with van der Waals surface area (Å²) >= 11 is 0. The maximum atomic E-state index is 5.47. The van der Waals surface area contributed by atoms with Gasteiger partial charge in [-0.15, -0.1) is 0 Å². The molecule has 1 aliphatic heterocycles. The molecule has 0 saturated carbocycles. The van der Waals surface area contributed by atoms with Crippen LogP contribution in [0.1, 0.15) is 13.3 Å². The second kappa shape index (κ2) is 5.96. The molecule has 4 heteroatoms. The molecule has 1 aliphatic rings. The van der Waals surface area contributed by atoms with Crippen molar-refractivity contribution in [3.05, 3.63) is 18.2 Å². The molecule has 0 radical (unpaired) electrons. The van der Waals surface area contributed by atoms with Crippen LogP contribution in [0.2, 0.25) is 0 Å². The van der Waals surface area contributed by atoms with E-state index < -0.39 is 0 Å². The van der Waals surface area contributed by atoms with Crippen LogP contribution in [0.25, 0.3) is 0 Å². The van der Waals surface area contributed by atoms with E-state index in [1.165, 1.54) is 0 Å². The summed E-state index contributed by atoms with van der Waals surface area (Å²) in [6.45, 7) is 5.28. The van der Waals surface area contributed by atoms with Gasteiger partial charge in [-0.3, -0.25) is 0 Å². The minimum absolute atomic E-state index is 0.561. The molecule has 1 heterocycles. The molecule has 1 fully saturated rings. The van der Waals surface area contributed by atoms with Gasteiger partial charge in [0.1, 0.15) is 11.5 Å². The van der Waals surface area contributed by atoms with Gasteiger partial charge in [0, 0.05) is 31.7 Å². The van der Waals surface area contributed by atoms with E-state index in [2.05, 4.69) is 23.2 Å². The fourth-order valence-electron chi connectivity index (χ4n) is 2.36. The Balaban J connectivity index is 2.21. The summed E-state index contributed by atoms with van der Waals surface area (Å²) in [7, 11) is 3.38. The molecule has 1 atom stereocenters. The van der Waals surface area contributed by atoms with E-state index in [-0.39, 0.29) is 0 Å². The normalized spacial score (nSPS) is 19.7. The number of hydrogen-bond acceptors (Lipinski definition) is 4. The molecule has 4 nitrogen and oxygen atoms in total. The molecule has 1 saturated heterocycles. The second-order valence-corrected chi connectivity index (χ2v) is 4.54. The third-order valence-electron chi connectivity index (χ3n) is 3.48. The number of benzene rings is 1. The quantitative estimate of drug-likeness (QED) is 0.885. The standard InChI is InChI=1S/C14H22N2O2/c1-4-11-10-16(8-7-15-11)13-6-5-12(17-2)9-14(13)18-3/h5-6,9,11,15H,4,7-8,10H2,1-3H3. The van der Waals surface area contributed by atoms with Crippen molar-refractivity contribution in [1.82, 2.24) is 5.32 Å². The van der Waals surface area contributed by atoms with Crippen LogP contribution in [-0.2, 0) is 0 Å². The van der Waals surface area contributed by atoms with Crippen LogP contribution < -0.4 is 19.7 Å². The monoisotopic (exact) mass is 250 g/mol. The van der Waals surface area contributed by atoms with Gasteiger partial charge >= 0.3 is 0 Å². The van der Waals surface area contributed by atoms with Crippen LogP contribution in [0.3, 0.4) is 0 Å². The Morgan fingerprint density at radius 2 is 2.17 bits per heavy atom. The van der Waals surface area contributed by atoms with Crippen LogP contribution >= 0.6 is 0 Å². The molecule has 1 N–H and O–H groups in total. The van der Waals surface area contributed by atoms with Crippen molar-refractivity contribution in [3.63, 3.8) is 0 Å². The number of nitrogens with zero attached hydrogens (tertiary/aromatic N) is 1. The number of hydrogen-bond donors (Lipinski definition) is 1. The van der Waals surface area contributed by atoms with Gasteiger partial charge in [-0.25, -0.2) is 0 Å². The molecule has 18 heavy (non-hydrogen) atoms. The summed E-state index contributed by atoms with van der Waals surface area (Å²) in [5.74, 6) is 1.71. The first-order valence-electron chi connectivity index (χ1n) is 6.48. The van der Waals surface area contributed by atoms with Crippen molar-refractivity contribution in [1.29, 1.82) is 0 Å². The molecular formula is C14H22N2O2. The molecular weight excluding hydrogens is 228 g/mol. The minimum atomic E-state index is 0.561. The summed E-state index contributed by atoms with van der Waals surface area (Å²) in [6.07, 6.45) is 1.15. The van der Waals surface area contributed by atoms with Crippen LogP contribution in [0.15, 0.2) is 18.2 Å². The lowest BCUT2D eigenvalue weighted by molar-refractivity contribution is 0.390. The largest absolute Gasteiger partial charge is 0.497 e. The highest BCUT2D eigenvalue weighted by molar-refractivity contribution is 5.61. The molecule has 1 unspecified atom stereocenters. The van der Waals surface area contributed by atoms with E-state index in [0.29, 0.717) is 6.04 Å². The smallest absolute Gasteiger partial charge is 0.145 e. The zero-order valence-electron chi connectivity index (χ0n) is 11.4. The first kappa shape index (κ1) is 13.0. The van der Waals surface area contributed by atoms with Gasteiger partial charge in [0.2, 0.25) is 0 Å². The van der Waals surface area contributed by atoms with E-state index in [1.807, 2.05) is 12.1 Å². The molecule has 100 valence electrons. The number of anilines is 1. The van der Waals surface area contributed by atoms with E-state index in [0.717, 1.165) is 43.2 Å². The number of ether oxygens (including phenoxy) is 2. The third kappa shape index (κ3) is 2.70. The molecule has 0 aliphatic carbocycles. The number of piperazine rings is 1. The van der Waals surface area contributed by atoms with Crippen molar-refractivity contribution >= 4 is 5.69 Å². The summed E-state index contributed by atoms with van der Waals surface area (Å²) in [6, 6.07) is 6.57. The fraction of sp³-hybridized carbons (Fsp3) is 0.571. The van der Waals surface area contributed by atoms with Crippen molar-refractivity contribution in [2.75, 3.05) is 38.8 Å². The Hall–Kier alpha value is -1.42. The zero-order valence-corrected chi connectivity index (χ0v) is 11.4. The lowest BCUT2D eigenvalue weighted by Crippen LogP contribution is -2.50. The first-order chi connectivity index (χ1) is 8.78. The van der Waals surface area contributed by atoms with E-state index >= 15 is 0 Å². The topological polar surface area (TPSA) is 33.7 Å². The Kier molecular flexibility index (Phi) is 4.31. The van der Waals surface area contributed by atoms with Crippen LogP contribution in [-0.4, -0.2) is 39.9 Å². The Labute approximate surface area is 109 Å². The van der Waals surface area contributed by atoms with Gasteiger partial charge in [0.15, 0.2) is 0 Å². The van der Waals surface area contributed by atoms with Crippen LogP contribution in [0.4, 0.5) is 5.69 Å². The van der Waals surface area contributed by atoms with Gasteiger partial charge in [0.25, 0.3) is 0 Å². The lowest BCUT2D eigenvalue weighted by Gasteiger charge is -2.35. The highest BCUT2D eigenvalue weighted by Crippen LogP contribution is 2.32. The number of nitrogens with one attached hydrogen (secondary N) is 1. The van der Waals surface area contributed by atoms with Crippen molar-refractivity contribution in [2.45, 2.75) is 19.4 Å². The fourth-order valence-corrected chi connectivity index (χ4v) is 2.36. The highest BCUT2D eigenvalue weighted by Gasteiger charge is 2.20. The summed E-state index contributed by atoms with van der Waals surface area (Å²) in [4.78, 5) is 2.38. The maximum Gasteiger partial charge on any atom is 0.145 e. The van der Waals surface area contributed by atoms with Gasteiger partial charge < -0.3 is 19.7 Å². The predicted molar refractivity (Wildman–Crippen MR) is 73.8 cm³/mol. The minimum Gasteiger partial charge on any atom is -0.497 e. The van der Waals surface area contributed by atoms with Gasteiger partial charge in [-0.1, -0.05) is 6.92 Å². The lowest BCUT2D eigenvalue weighted by atomic mass is 10.1. The SMILES string of the molecule is CCC1CN(c2ccc(OC)cc2OC)CCN1. The Bertz CT molecular complexity index is 395. The average molecular weight is 250 g/mol. The average Bonchev–Trinajstić information content (AvgIpc) is 2.46. The van der Waals surface area contributed by atoms with E-state index in [1.54, 1.807) is 14.2 Å². The van der Waals surface area contributed by atoms with Gasteiger partial charge in [0.05, 0.1) is 19.9 Å². The molecule has 0 spiro atoms. The number of rotatable bonds is 4. The summed E-state index contributed by atoms with van der Waals surface area (Å²) in [5.41, 5.74) is 1.15. The second-order valence-electron chi connectivity index (χ2n) is 4.54. The third-order valence-corrected chi connectivity index (χ3v) is 3.48. The van der Waals surface area contributed by atoms with Crippen molar-refractivity contribution in [3.8, 4) is 11.5 Å². The molecule has 1 aromatic rings. The summed E-state index contributed by atoms with van der Waals surface area (Å²) < 4.78 is 10.7. The van der Waals surface area contributed by atoms with E-state index in [9.17, 15) is 0 Å². The van der Waals surface area contributed by atoms with E-state index in [4.69, 9.17) is 9.47 Å². The molecule has 0 bridgehead atoms. The molecule has 0 amide bonds. The van der Waals surface area contributed by atoms with Gasteiger partial charge in [-0.2, -0.15) is 0 Å². The first-order valence-corrected chi connectivity index (χ1v) is 6.48.